The van der Waals surface area contributed by atoms with E-state index in [1.807, 2.05) is 24.9 Å². The zero-order chi connectivity index (χ0) is 14.4. The van der Waals surface area contributed by atoms with E-state index in [4.69, 9.17) is 4.74 Å². The van der Waals surface area contributed by atoms with Crippen molar-refractivity contribution in [2.24, 2.45) is 5.92 Å². The van der Waals surface area contributed by atoms with Crippen molar-refractivity contribution >= 4 is 17.7 Å². The first-order valence-electron chi connectivity index (χ1n) is 7.18. The molecule has 0 bridgehead atoms. The molecular formula is C16H23NO2S. The molecule has 110 valence electrons. The first-order valence-corrected chi connectivity index (χ1v) is 8.16. The maximum Gasteiger partial charge on any atom is 0.326 e. The Morgan fingerprint density at radius 1 is 1.45 bits per heavy atom. The van der Waals surface area contributed by atoms with Gasteiger partial charge in [-0.05, 0) is 50.1 Å². The highest BCUT2D eigenvalue weighted by Crippen LogP contribution is 2.39. The Hall–Kier alpha value is -1.00. The van der Waals surface area contributed by atoms with Crippen LogP contribution in [0.15, 0.2) is 35.2 Å². The Morgan fingerprint density at radius 2 is 2.20 bits per heavy atom. The molecule has 2 rings (SSSR count). The van der Waals surface area contributed by atoms with Gasteiger partial charge < -0.3 is 10.1 Å². The predicted molar refractivity (Wildman–Crippen MR) is 82.9 cm³/mol. The molecule has 20 heavy (non-hydrogen) atoms. The lowest BCUT2D eigenvalue weighted by molar-refractivity contribution is -0.150. The minimum Gasteiger partial charge on any atom is -0.468 e. The molecule has 4 heteroatoms. The van der Waals surface area contributed by atoms with Crippen LogP contribution in [0, 0.1) is 5.92 Å². The molecule has 0 amide bonds. The lowest BCUT2D eigenvalue weighted by Gasteiger charge is -2.32. The van der Waals surface area contributed by atoms with Gasteiger partial charge in [-0.1, -0.05) is 24.6 Å². The molecule has 0 saturated heterocycles. The molecule has 2 unspecified atom stereocenters. The zero-order valence-electron chi connectivity index (χ0n) is 12.2. The summed E-state index contributed by atoms with van der Waals surface area (Å²) in [7, 11) is 3.36. The zero-order valence-corrected chi connectivity index (χ0v) is 13.0. The second-order valence-electron chi connectivity index (χ2n) is 5.25. The molecule has 1 aromatic rings. The molecule has 0 spiro atoms. The van der Waals surface area contributed by atoms with Crippen LogP contribution in [0.25, 0.3) is 0 Å². The van der Waals surface area contributed by atoms with Gasteiger partial charge in [-0.3, -0.25) is 4.79 Å². The van der Waals surface area contributed by atoms with Crippen molar-refractivity contribution in [3.63, 3.8) is 0 Å². The van der Waals surface area contributed by atoms with Gasteiger partial charge in [-0.25, -0.2) is 0 Å². The van der Waals surface area contributed by atoms with Crippen molar-refractivity contribution in [1.82, 2.24) is 5.32 Å². The van der Waals surface area contributed by atoms with Crippen LogP contribution in [0.3, 0.4) is 0 Å². The predicted octanol–water partition coefficient (Wildman–Crippen LogP) is 3.10. The first-order chi connectivity index (χ1) is 9.73. The standard InChI is InChI=1S/C16H23NO2S/c1-17-16(15(18)19-2)11-6-7-13(16)10-12-20-14-8-4-3-5-9-14/h3-5,8-9,13,17H,6-7,10-12H2,1-2H3. The SMILES string of the molecule is CNC1(C(=O)OC)CCCC1CCSc1ccccc1. The van der Waals surface area contributed by atoms with E-state index in [1.165, 1.54) is 12.0 Å². The van der Waals surface area contributed by atoms with Gasteiger partial charge in [0, 0.05) is 4.90 Å². The average molecular weight is 293 g/mol. The fraction of sp³-hybridized carbons (Fsp3) is 0.562. The summed E-state index contributed by atoms with van der Waals surface area (Å²) in [5.41, 5.74) is -0.466. The van der Waals surface area contributed by atoms with Crippen molar-refractivity contribution < 1.29 is 9.53 Å². The number of hydrogen-bond donors (Lipinski definition) is 1. The van der Waals surface area contributed by atoms with Gasteiger partial charge in [0.05, 0.1) is 7.11 Å². The number of ether oxygens (including phenoxy) is 1. The van der Waals surface area contributed by atoms with Crippen LogP contribution >= 0.6 is 11.8 Å². The van der Waals surface area contributed by atoms with E-state index in [2.05, 4.69) is 29.6 Å². The second kappa shape index (κ2) is 7.14. The second-order valence-corrected chi connectivity index (χ2v) is 6.42. The third-order valence-corrected chi connectivity index (χ3v) is 5.34. The van der Waals surface area contributed by atoms with Crippen molar-refractivity contribution in [1.29, 1.82) is 0 Å². The molecule has 1 aliphatic rings. The minimum absolute atomic E-state index is 0.104. The number of methoxy groups -OCH3 is 1. The highest BCUT2D eigenvalue weighted by molar-refractivity contribution is 7.99. The number of thioether (sulfide) groups is 1. The minimum atomic E-state index is -0.466. The number of hydrogen-bond acceptors (Lipinski definition) is 4. The maximum atomic E-state index is 12.1. The van der Waals surface area contributed by atoms with Crippen LogP contribution < -0.4 is 5.32 Å². The molecule has 3 nitrogen and oxygen atoms in total. The fourth-order valence-corrected chi connectivity index (χ4v) is 4.17. The maximum absolute atomic E-state index is 12.1. The smallest absolute Gasteiger partial charge is 0.326 e. The number of likely N-dealkylation sites (N-methyl/N-ethyl adjacent to an activating group) is 1. The summed E-state index contributed by atoms with van der Waals surface area (Å²) in [6.07, 6.45) is 4.12. The molecule has 2 atom stereocenters. The van der Waals surface area contributed by atoms with Crippen LogP contribution in [-0.4, -0.2) is 31.4 Å². The molecular weight excluding hydrogens is 270 g/mol. The molecule has 1 aliphatic carbocycles. The number of esters is 1. The Bertz CT molecular complexity index is 437. The lowest BCUT2D eigenvalue weighted by atomic mass is 9.85. The largest absolute Gasteiger partial charge is 0.468 e. The Kier molecular flexibility index (Phi) is 5.49. The number of carbonyl (C=O) groups is 1. The van der Waals surface area contributed by atoms with Crippen LogP contribution in [-0.2, 0) is 9.53 Å². The fourth-order valence-electron chi connectivity index (χ4n) is 3.19. The van der Waals surface area contributed by atoms with E-state index in [1.54, 1.807) is 0 Å². The van der Waals surface area contributed by atoms with E-state index in [0.717, 1.165) is 31.4 Å². The molecule has 0 aliphatic heterocycles. The van der Waals surface area contributed by atoms with Crippen molar-refractivity contribution in [2.75, 3.05) is 19.9 Å². The topological polar surface area (TPSA) is 38.3 Å². The van der Waals surface area contributed by atoms with Crippen LogP contribution in [0.5, 0.6) is 0 Å². The van der Waals surface area contributed by atoms with Gasteiger partial charge in [-0.2, -0.15) is 0 Å². The Morgan fingerprint density at radius 3 is 2.85 bits per heavy atom. The van der Waals surface area contributed by atoms with E-state index < -0.39 is 5.54 Å². The molecule has 0 heterocycles. The first kappa shape index (κ1) is 15.4. The number of benzene rings is 1. The van der Waals surface area contributed by atoms with Crippen LogP contribution in [0.2, 0.25) is 0 Å². The highest BCUT2D eigenvalue weighted by atomic mass is 32.2. The lowest BCUT2D eigenvalue weighted by Crippen LogP contribution is -2.53. The monoisotopic (exact) mass is 293 g/mol. The average Bonchev–Trinajstić information content (AvgIpc) is 2.91. The molecule has 0 radical (unpaired) electrons. The van der Waals surface area contributed by atoms with Gasteiger partial charge in [0.1, 0.15) is 5.54 Å². The van der Waals surface area contributed by atoms with E-state index in [0.29, 0.717) is 5.92 Å². The van der Waals surface area contributed by atoms with E-state index >= 15 is 0 Å². The van der Waals surface area contributed by atoms with Gasteiger partial charge in [0.2, 0.25) is 0 Å². The van der Waals surface area contributed by atoms with Gasteiger partial charge in [0.15, 0.2) is 0 Å². The summed E-state index contributed by atoms with van der Waals surface area (Å²) in [4.78, 5) is 13.4. The summed E-state index contributed by atoms with van der Waals surface area (Å²) in [5, 5.41) is 3.24. The summed E-state index contributed by atoms with van der Waals surface area (Å²) >= 11 is 1.86. The summed E-state index contributed by atoms with van der Waals surface area (Å²) in [5.74, 6) is 1.30. The van der Waals surface area contributed by atoms with Crippen LogP contribution in [0.1, 0.15) is 25.7 Å². The van der Waals surface area contributed by atoms with E-state index in [-0.39, 0.29) is 5.97 Å². The summed E-state index contributed by atoms with van der Waals surface area (Å²) in [6.45, 7) is 0. The quantitative estimate of drug-likeness (QED) is 0.646. The molecule has 0 aromatic heterocycles. The summed E-state index contributed by atoms with van der Waals surface area (Å²) in [6, 6.07) is 10.4. The third-order valence-electron chi connectivity index (χ3n) is 4.29. The molecule has 1 saturated carbocycles. The number of rotatable bonds is 6. The van der Waals surface area contributed by atoms with E-state index in [9.17, 15) is 4.79 Å². The molecule has 1 N–H and O–H groups in total. The summed E-state index contributed by atoms with van der Waals surface area (Å²) < 4.78 is 5.02. The molecule has 1 fully saturated rings. The van der Waals surface area contributed by atoms with Gasteiger partial charge in [-0.15, -0.1) is 11.8 Å². The highest BCUT2D eigenvalue weighted by Gasteiger charge is 2.48. The van der Waals surface area contributed by atoms with Gasteiger partial charge in [0.25, 0.3) is 0 Å². The molecule has 1 aromatic carbocycles. The van der Waals surface area contributed by atoms with Gasteiger partial charge >= 0.3 is 5.97 Å². The third kappa shape index (κ3) is 3.18. The normalized spacial score (nSPS) is 25.6. The Balaban J connectivity index is 1.92. The number of nitrogens with one attached hydrogen (secondary N) is 1. The van der Waals surface area contributed by atoms with Crippen molar-refractivity contribution in [2.45, 2.75) is 36.1 Å². The van der Waals surface area contributed by atoms with Crippen molar-refractivity contribution in [3.05, 3.63) is 30.3 Å². The van der Waals surface area contributed by atoms with Crippen LogP contribution in [0.4, 0.5) is 0 Å². The Labute approximate surface area is 125 Å². The number of carbonyl (C=O) groups excluding carboxylic acids is 1. The van der Waals surface area contributed by atoms with Crippen molar-refractivity contribution in [3.8, 4) is 0 Å².